The van der Waals surface area contributed by atoms with E-state index < -0.39 is 12.1 Å². The van der Waals surface area contributed by atoms with E-state index in [9.17, 15) is 14.7 Å². The van der Waals surface area contributed by atoms with Gasteiger partial charge in [-0.2, -0.15) is 0 Å². The smallest absolute Gasteiger partial charge is 0.333 e. The second-order valence-corrected chi connectivity index (χ2v) is 7.72. The van der Waals surface area contributed by atoms with Gasteiger partial charge in [0, 0.05) is 31.7 Å². The van der Waals surface area contributed by atoms with Crippen molar-refractivity contribution in [1.29, 1.82) is 0 Å². The lowest BCUT2D eigenvalue weighted by Gasteiger charge is -2.13. The molecular formula is C27H30N2O5. The molecule has 0 aliphatic rings. The highest BCUT2D eigenvalue weighted by atomic mass is 16.5. The van der Waals surface area contributed by atoms with Crippen LogP contribution in [-0.2, 0) is 28.9 Å². The number of rotatable bonds is 12. The zero-order chi connectivity index (χ0) is 24.2. The molecule has 0 radical (unpaired) electrons. The molecule has 0 saturated carbocycles. The molecule has 0 bridgehead atoms. The molecule has 0 fully saturated rings. The standard InChI is InChI=1S/C27H30N2O5/c1-2-33-25(26(30)31)18-21-10-14-24(15-11-21)34-17-16-20-8-12-23(13-9-20)29-27(32)28-19-22-6-4-3-5-7-22/h3-15,25H,2,16-19H2,1H3,(H,30,31)(H2,28,29,32). The number of nitrogens with one attached hydrogen (secondary N) is 2. The van der Waals surface area contributed by atoms with Crippen molar-refractivity contribution in [1.82, 2.24) is 5.32 Å². The molecule has 1 unspecified atom stereocenters. The summed E-state index contributed by atoms with van der Waals surface area (Å²) in [6, 6.07) is 24.5. The summed E-state index contributed by atoms with van der Waals surface area (Å²) in [5, 5.41) is 14.9. The quantitative estimate of drug-likeness (QED) is 0.364. The number of urea groups is 1. The van der Waals surface area contributed by atoms with Gasteiger partial charge in [-0.3, -0.25) is 0 Å². The Morgan fingerprint density at radius 1 is 0.882 bits per heavy atom. The van der Waals surface area contributed by atoms with Gasteiger partial charge in [-0.1, -0.05) is 54.6 Å². The van der Waals surface area contributed by atoms with E-state index in [0.717, 1.165) is 28.1 Å². The van der Waals surface area contributed by atoms with Crippen LogP contribution in [-0.4, -0.2) is 36.4 Å². The molecule has 7 nitrogen and oxygen atoms in total. The number of anilines is 1. The molecule has 0 aliphatic carbocycles. The maximum atomic E-state index is 12.1. The maximum Gasteiger partial charge on any atom is 0.333 e. The third kappa shape index (κ3) is 8.26. The summed E-state index contributed by atoms with van der Waals surface area (Å²) >= 11 is 0. The van der Waals surface area contributed by atoms with Crippen molar-refractivity contribution >= 4 is 17.7 Å². The summed E-state index contributed by atoms with van der Waals surface area (Å²) in [7, 11) is 0. The molecule has 0 aromatic heterocycles. The lowest BCUT2D eigenvalue weighted by Crippen LogP contribution is -2.28. The lowest BCUT2D eigenvalue weighted by atomic mass is 10.1. The predicted octanol–water partition coefficient (Wildman–Crippen LogP) is 4.66. The zero-order valence-electron chi connectivity index (χ0n) is 19.2. The first-order valence-electron chi connectivity index (χ1n) is 11.3. The van der Waals surface area contributed by atoms with Crippen molar-refractivity contribution < 1.29 is 24.2 Å². The highest BCUT2D eigenvalue weighted by molar-refractivity contribution is 5.89. The second kappa shape index (κ2) is 13.0. The summed E-state index contributed by atoms with van der Waals surface area (Å²) < 4.78 is 11.1. The summed E-state index contributed by atoms with van der Waals surface area (Å²) in [6.07, 6.45) is 0.186. The Balaban J connectivity index is 1.39. The Morgan fingerprint density at radius 3 is 2.21 bits per heavy atom. The number of ether oxygens (including phenoxy) is 2. The van der Waals surface area contributed by atoms with Crippen molar-refractivity contribution in [3.8, 4) is 5.75 Å². The number of carboxylic acids is 1. The first kappa shape index (κ1) is 24.8. The molecule has 3 N–H and O–H groups in total. The van der Waals surface area contributed by atoms with Gasteiger partial charge in [0.05, 0.1) is 6.61 Å². The minimum absolute atomic E-state index is 0.251. The van der Waals surface area contributed by atoms with Gasteiger partial charge in [0.2, 0.25) is 0 Å². The largest absolute Gasteiger partial charge is 0.493 e. The molecule has 0 heterocycles. The van der Waals surface area contributed by atoms with Gasteiger partial charge >= 0.3 is 12.0 Å². The van der Waals surface area contributed by atoms with Crippen LogP contribution in [0.2, 0.25) is 0 Å². The fourth-order valence-corrected chi connectivity index (χ4v) is 3.35. The van der Waals surface area contributed by atoms with E-state index in [4.69, 9.17) is 9.47 Å². The minimum Gasteiger partial charge on any atom is -0.493 e. The van der Waals surface area contributed by atoms with Gasteiger partial charge in [-0.25, -0.2) is 9.59 Å². The molecule has 7 heteroatoms. The number of carbonyl (C=O) groups is 2. The lowest BCUT2D eigenvalue weighted by molar-refractivity contribution is -0.149. The summed E-state index contributed by atoms with van der Waals surface area (Å²) in [4.78, 5) is 23.3. The van der Waals surface area contributed by atoms with E-state index in [0.29, 0.717) is 32.6 Å². The van der Waals surface area contributed by atoms with E-state index in [-0.39, 0.29) is 6.03 Å². The van der Waals surface area contributed by atoms with E-state index in [1.165, 1.54) is 0 Å². The molecule has 0 aliphatic heterocycles. The minimum atomic E-state index is -0.962. The third-order valence-electron chi connectivity index (χ3n) is 5.15. The van der Waals surface area contributed by atoms with Crippen LogP contribution >= 0.6 is 0 Å². The molecule has 0 spiro atoms. The highest BCUT2D eigenvalue weighted by Crippen LogP contribution is 2.16. The Kier molecular flexibility index (Phi) is 9.49. The molecule has 3 aromatic carbocycles. The molecule has 2 amide bonds. The number of hydrogen-bond donors (Lipinski definition) is 3. The van der Waals surface area contributed by atoms with Crippen LogP contribution in [0.1, 0.15) is 23.6 Å². The Labute approximate surface area is 199 Å². The van der Waals surface area contributed by atoms with E-state index in [1.54, 1.807) is 6.92 Å². The van der Waals surface area contributed by atoms with Gasteiger partial charge < -0.3 is 25.2 Å². The van der Waals surface area contributed by atoms with Crippen molar-refractivity contribution in [2.24, 2.45) is 0 Å². The first-order chi connectivity index (χ1) is 16.5. The van der Waals surface area contributed by atoms with Crippen LogP contribution in [0.4, 0.5) is 10.5 Å². The summed E-state index contributed by atoms with van der Waals surface area (Å²) in [6.45, 7) is 3.10. The van der Waals surface area contributed by atoms with Crippen molar-refractivity contribution in [3.05, 3.63) is 95.6 Å². The van der Waals surface area contributed by atoms with Gasteiger partial charge in [-0.15, -0.1) is 0 Å². The van der Waals surface area contributed by atoms with Crippen LogP contribution < -0.4 is 15.4 Å². The third-order valence-corrected chi connectivity index (χ3v) is 5.15. The number of carbonyl (C=O) groups excluding carboxylic acids is 1. The number of carboxylic acid groups (broad SMARTS) is 1. The maximum absolute atomic E-state index is 12.1. The number of benzene rings is 3. The molecule has 1 atom stereocenters. The SMILES string of the molecule is CCOC(Cc1ccc(OCCc2ccc(NC(=O)NCc3ccccc3)cc2)cc1)C(=O)O. The number of aliphatic carboxylic acids is 1. The first-order valence-corrected chi connectivity index (χ1v) is 11.3. The van der Waals surface area contributed by atoms with Crippen LogP contribution in [0.25, 0.3) is 0 Å². The van der Waals surface area contributed by atoms with Crippen LogP contribution in [0.3, 0.4) is 0 Å². The topological polar surface area (TPSA) is 96.9 Å². The van der Waals surface area contributed by atoms with Crippen molar-refractivity contribution in [3.63, 3.8) is 0 Å². The Hall–Kier alpha value is -3.84. The molecule has 0 saturated heterocycles. The van der Waals surface area contributed by atoms with Crippen LogP contribution in [0, 0.1) is 0 Å². The highest BCUT2D eigenvalue weighted by Gasteiger charge is 2.17. The Morgan fingerprint density at radius 2 is 1.56 bits per heavy atom. The second-order valence-electron chi connectivity index (χ2n) is 7.72. The Bertz CT molecular complexity index is 1040. The van der Waals surface area contributed by atoms with E-state index >= 15 is 0 Å². The molecule has 3 rings (SSSR count). The monoisotopic (exact) mass is 462 g/mol. The summed E-state index contributed by atoms with van der Waals surface area (Å²) in [5.41, 5.74) is 3.73. The van der Waals surface area contributed by atoms with E-state index in [1.807, 2.05) is 78.9 Å². The van der Waals surface area contributed by atoms with Crippen molar-refractivity contribution in [2.75, 3.05) is 18.5 Å². The fourth-order valence-electron chi connectivity index (χ4n) is 3.35. The number of hydrogen-bond acceptors (Lipinski definition) is 4. The normalized spacial score (nSPS) is 11.4. The van der Waals surface area contributed by atoms with Gasteiger partial charge in [0.15, 0.2) is 6.10 Å². The van der Waals surface area contributed by atoms with Crippen molar-refractivity contribution in [2.45, 2.75) is 32.4 Å². The molecule has 178 valence electrons. The van der Waals surface area contributed by atoms with Gasteiger partial charge in [0.1, 0.15) is 5.75 Å². The molecule has 34 heavy (non-hydrogen) atoms. The van der Waals surface area contributed by atoms with Gasteiger partial charge in [-0.05, 0) is 47.9 Å². The van der Waals surface area contributed by atoms with E-state index in [2.05, 4.69) is 10.6 Å². The zero-order valence-corrected chi connectivity index (χ0v) is 19.2. The fraction of sp³-hybridized carbons (Fsp3) is 0.259. The van der Waals surface area contributed by atoms with Crippen LogP contribution in [0.15, 0.2) is 78.9 Å². The average molecular weight is 463 g/mol. The molecule has 3 aromatic rings. The predicted molar refractivity (Wildman–Crippen MR) is 131 cm³/mol. The van der Waals surface area contributed by atoms with Crippen LogP contribution in [0.5, 0.6) is 5.75 Å². The summed E-state index contributed by atoms with van der Waals surface area (Å²) in [5.74, 6) is -0.239. The molecular weight excluding hydrogens is 432 g/mol. The number of amides is 2. The average Bonchev–Trinajstić information content (AvgIpc) is 2.85. The van der Waals surface area contributed by atoms with Gasteiger partial charge in [0.25, 0.3) is 0 Å².